The summed E-state index contributed by atoms with van der Waals surface area (Å²) in [5.74, 6) is 0.418. The van der Waals surface area contributed by atoms with E-state index in [-0.39, 0.29) is 11.5 Å². The third-order valence-corrected chi connectivity index (χ3v) is 7.37. The van der Waals surface area contributed by atoms with Crippen molar-refractivity contribution in [2.24, 2.45) is 0 Å². The molecular formula is C23H25N3O2S2. The van der Waals surface area contributed by atoms with Gasteiger partial charge in [-0.2, -0.15) is 0 Å². The van der Waals surface area contributed by atoms with E-state index in [9.17, 15) is 9.59 Å². The summed E-state index contributed by atoms with van der Waals surface area (Å²) in [6, 6.07) is 12.0. The number of allylic oxidation sites excluding steroid dienone is 1. The molecule has 3 heterocycles. The Bertz CT molecular complexity index is 1100. The Morgan fingerprint density at radius 1 is 1.17 bits per heavy atom. The van der Waals surface area contributed by atoms with Crippen molar-refractivity contribution in [3.63, 3.8) is 0 Å². The van der Waals surface area contributed by atoms with Gasteiger partial charge in [0.2, 0.25) is 5.91 Å². The van der Waals surface area contributed by atoms with Crippen molar-refractivity contribution in [2.75, 3.05) is 18.8 Å². The molecule has 1 saturated heterocycles. The molecule has 5 nitrogen and oxygen atoms in total. The van der Waals surface area contributed by atoms with E-state index in [1.54, 1.807) is 10.6 Å². The standard InChI is InChI=1S/C23H25N3O2S2/c1-2-12-26-22(28)21-18(15-19(30-21)17-10-6-5-7-11-17)24-23(26)29-16-20(27)25-13-8-3-4-9-14-25/h2,5-7,10-11,15H,1,3-4,8-9,12-14,16H2. The highest BCUT2D eigenvalue weighted by Gasteiger charge is 2.19. The van der Waals surface area contributed by atoms with Gasteiger partial charge in [-0.3, -0.25) is 14.2 Å². The summed E-state index contributed by atoms with van der Waals surface area (Å²) in [7, 11) is 0. The molecule has 7 heteroatoms. The van der Waals surface area contributed by atoms with E-state index >= 15 is 0 Å². The zero-order valence-corrected chi connectivity index (χ0v) is 18.5. The molecule has 3 aromatic rings. The number of nitrogens with zero attached hydrogens (tertiary/aromatic N) is 3. The number of likely N-dealkylation sites (tertiary alicyclic amines) is 1. The predicted molar refractivity (Wildman–Crippen MR) is 125 cm³/mol. The normalized spacial score (nSPS) is 14.6. The second-order valence-electron chi connectivity index (χ2n) is 7.37. The largest absolute Gasteiger partial charge is 0.342 e. The molecule has 1 fully saturated rings. The Hall–Kier alpha value is -2.38. The molecule has 1 aliphatic rings. The topological polar surface area (TPSA) is 55.2 Å². The van der Waals surface area contributed by atoms with E-state index in [2.05, 4.69) is 6.58 Å². The number of hydrogen-bond donors (Lipinski definition) is 0. The van der Waals surface area contributed by atoms with Gasteiger partial charge in [0.1, 0.15) is 4.70 Å². The number of thiophene rings is 1. The van der Waals surface area contributed by atoms with Crippen LogP contribution in [-0.4, -0.2) is 39.2 Å². The molecule has 0 N–H and O–H groups in total. The van der Waals surface area contributed by atoms with Crippen molar-refractivity contribution in [3.8, 4) is 10.4 Å². The summed E-state index contributed by atoms with van der Waals surface area (Å²) < 4.78 is 2.26. The fourth-order valence-corrected chi connectivity index (χ4v) is 5.64. The first-order valence-electron chi connectivity index (χ1n) is 10.3. The molecule has 0 unspecified atom stereocenters. The van der Waals surface area contributed by atoms with Crippen LogP contribution in [0.4, 0.5) is 0 Å². The van der Waals surface area contributed by atoms with E-state index in [1.165, 1.54) is 35.9 Å². The maximum atomic E-state index is 13.2. The average molecular weight is 440 g/mol. The van der Waals surface area contributed by atoms with Crippen LogP contribution in [-0.2, 0) is 11.3 Å². The van der Waals surface area contributed by atoms with E-state index in [0.29, 0.717) is 27.7 Å². The maximum absolute atomic E-state index is 13.2. The third-order valence-electron chi connectivity index (χ3n) is 5.25. The van der Waals surface area contributed by atoms with Crippen LogP contribution in [0.2, 0.25) is 0 Å². The summed E-state index contributed by atoms with van der Waals surface area (Å²) in [4.78, 5) is 33.6. The number of thioether (sulfide) groups is 1. The number of benzene rings is 1. The lowest BCUT2D eigenvalue weighted by molar-refractivity contribution is -0.128. The second kappa shape index (κ2) is 9.62. The van der Waals surface area contributed by atoms with Gasteiger partial charge >= 0.3 is 0 Å². The summed E-state index contributed by atoms with van der Waals surface area (Å²) in [5.41, 5.74) is 1.69. The molecule has 2 aromatic heterocycles. The van der Waals surface area contributed by atoms with Crippen molar-refractivity contribution >= 4 is 39.2 Å². The van der Waals surface area contributed by atoms with E-state index in [4.69, 9.17) is 4.98 Å². The predicted octanol–water partition coefficient (Wildman–Crippen LogP) is 4.81. The molecule has 0 aliphatic carbocycles. The number of hydrogen-bond acceptors (Lipinski definition) is 5. The van der Waals surface area contributed by atoms with Gasteiger partial charge in [-0.25, -0.2) is 4.98 Å². The number of aromatic nitrogens is 2. The van der Waals surface area contributed by atoms with Crippen molar-refractivity contribution in [2.45, 2.75) is 37.4 Å². The summed E-state index contributed by atoms with van der Waals surface area (Å²) in [6.45, 7) is 5.82. The van der Waals surface area contributed by atoms with Crippen LogP contribution < -0.4 is 5.56 Å². The van der Waals surface area contributed by atoms with Gasteiger partial charge in [0.05, 0.1) is 11.3 Å². The van der Waals surface area contributed by atoms with Gasteiger partial charge < -0.3 is 4.90 Å². The van der Waals surface area contributed by atoms with E-state index in [1.807, 2.05) is 41.3 Å². The Morgan fingerprint density at radius 3 is 2.60 bits per heavy atom. The summed E-state index contributed by atoms with van der Waals surface area (Å²) >= 11 is 2.81. The molecule has 0 saturated carbocycles. The number of amides is 1. The molecule has 4 rings (SSSR count). The van der Waals surface area contributed by atoms with Crippen LogP contribution in [0, 0.1) is 0 Å². The summed E-state index contributed by atoms with van der Waals surface area (Å²) in [5, 5.41) is 0.577. The number of carbonyl (C=O) groups is 1. The summed E-state index contributed by atoms with van der Waals surface area (Å²) in [6.07, 6.45) is 6.21. The fourth-order valence-electron chi connectivity index (χ4n) is 3.67. The first-order chi connectivity index (χ1) is 14.7. The van der Waals surface area contributed by atoms with Crippen LogP contribution in [0.15, 0.2) is 59.0 Å². The first-order valence-corrected chi connectivity index (χ1v) is 12.1. The maximum Gasteiger partial charge on any atom is 0.272 e. The average Bonchev–Trinajstić information content (AvgIpc) is 3.01. The van der Waals surface area contributed by atoms with Crippen LogP contribution in [0.25, 0.3) is 20.7 Å². The highest BCUT2D eigenvalue weighted by molar-refractivity contribution is 7.99. The molecule has 30 heavy (non-hydrogen) atoms. The van der Waals surface area contributed by atoms with Gasteiger partial charge in [0, 0.05) is 24.5 Å². The number of carbonyl (C=O) groups excluding carboxylic acids is 1. The molecule has 1 amide bonds. The van der Waals surface area contributed by atoms with Crippen molar-refractivity contribution in [1.29, 1.82) is 0 Å². The Labute approximate surface area is 184 Å². The van der Waals surface area contributed by atoms with Gasteiger partial charge in [-0.1, -0.05) is 61.0 Å². The molecule has 0 atom stereocenters. The van der Waals surface area contributed by atoms with Crippen molar-refractivity contribution in [3.05, 3.63) is 59.4 Å². The highest BCUT2D eigenvalue weighted by atomic mass is 32.2. The van der Waals surface area contributed by atoms with Gasteiger partial charge in [-0.05, 0) is 24.5 Å². The van der Waals surface area contributed by atoms with Crippen LogP contribution in [0.3, 0.4) is 0 Å². The van der Waals surface area contributed by atoms with E-state index < -0.39 is 0 Å². The smallest absolute Gasteiger partial charge is 0.272 e. The Morgan fingerprint density at radius 2 is 1.90 bits per heavy atom. The fraction of sp³-hybridized carbons (Fsp3) is 0.348. The lowest BCUT2D eigenvalue weighted by atomic mass is 10.2. The zero-order chi connectivity index (χ0) is 20.9. The Balaban J connectivity index is 1.63. The minimum absolute atomic E-state index is 0.0724. The molecule has 1 aliphatic heterocycles. The SMILES string of the molecule is C=CCn1c(SCC(=O)N2CCCCCC2)nc2cc(-c3ccccc3)sc2c1=O. The lowest BCUT2D eigenvalue weighted by Crippen LogP contribution is -2.33. The molecular weight excluding hydrogens is 414 g/mol. The molecule has 0 spiro atoms. The molecule has 0 bridgehead atoms. The van der Waals surface area contributed by atoms with Crippen molar-refractivity contribution in [1.82, 2.24) is 14.5 Å². The number of rotatable bonds is 6. The minimum atomic E-state index is -0.0724. The lowest BCUT2D eigenvalue weighted by Gasteiger charge is -2.20. The van der Waals surface area contributed by atoms with Crippen LogP contribution >= 0.6 is 23.1 Å². The molecule has 156 valence electrons. The van der Waals surface area contributed by atoms with Crippen LogP contribution in [0.5, 0.6) is 0 Å². The monoisotopic (exact) mass is 439 g/mol. The highest BCUT2D eigenvalue weighted by Crippen LogP contribution is 2.32. The second-order valence-corrected chi connectivity index (χ2v) is 9.37. The van der Waals surface area contributed by atoms with Crippen LogP contribution in [0.1, 0.15) is 25.7 Å². The van der Waals surface area contributed by atoms with Gasteiger partial charge in [0.15, 0.2) is 5.16 Å². The quantitative estimate of drug-likeness (QED) is 0.314. The zero-order valence-electron chi connectivity index (χ0n) is 16.9. The van der Waals surface area contributed by atoms with E-state index in [0.717, 1.165) is 36.4 Å². The van der Waals surface area contributed by atoms with Gasteiger partial charge in [-0.15, -0.1) is 17.9 Å². The molecule has 1 aromatic carbocycles. The first kappa shape index (κ1) is 20.9. The van der Waals surface area contributed by atoms with Crippen molar-refractivity contribution < 1.29 is 4.79 Å². The minimum Gasteiger partial charge on any atom is -0.342 e. The third kappa shape index (κ3) is 4.52. The number of fused-ring (bicyclic) bond motifs is 1. The Kier molecular flexibility index (Phi) is 6.69. The molecule has 0 radical (unpaired) electrons. The van der Waals surface area contributed by atoms with Gasteiger partial charge in [0.25, 0.3) is 5.56 Å².